The average Bonchev–Trinajstić information content (AvgIpc) is 3.57. The van der Waals surface area contributed by atoms with Gasteiger partial charge in [-0.3, -0.25) is 4.79 Å². The number of carbonyl (C=O) groups excluding carboxylic acids is 1. The predicted octanol–water partition coefficient (Wildman–Crippen LogP) is 5.72. The van der Waals surface area contributed by atoms with E-state index in [9.17, 15) is 13.6 Å². The fourth-order valence-electron chi connectivity index (χ4n) is 2.86. The molecule has 0 radical (unpaired) electrons. The topological polar surface area (TPSA) is 57.7 Å². The molecule has 3 aromatic rings. The second-order valence-electron chi connectivity index (χ2n) is 7.43. The normalized spacial score (nSPS) is 13.0. The van der Waals surface area contributed by atoms with Gasteiger partial charge in [-0.25, -0.2) is 13.8 Å². The molecule has 31 heavy (non-hydrogen) atoms. The molecule has 0 N–H and O–H groups in total. The highest BCUT2D eigenvalue weighted by atomic mass is 19.1. The van der Waals surface area contributed by atoms with Gasteiger partial charge in [0.1, 0.15) is 35.5 Å². The van der Waals surface area contributed by atoms with Crippen molar-refractivity contribution in [2.24, 2.45) is 5.92 Å². The van der Waals surface area contributed by atoms with Gasteiger partial charge in [-0.1, -0.05) is 6.07 Å². The van der Waals surface area contributed by atoms with Crippen LogP contribution in [0.15, 0.2) is 54.7 Å². The lowest BCUT2D eigenvalue weighted by Gasteiger charge is -2.12. The van der Waals surface area contributed by atoms with Crippen LogP contribution in [0.25, 0.3) is 0 Å². The lowest BCUT2D eigenvalue weighted by atomic mass is 10.2. The first-order chi connectivity index (χ1) is 15.0. The van der Waals surface area contributed by atoms with E-state index in [-0.39, 0.29) is 29.6 Å². The number of ketones is 1. The molecule has 0 bridgehead atoms. The van der Waals surface area contributed by atoms with E-state index in [1.807, 2.05) is 6.07 Å². The number of aromatic nitrogens is 1. The zero-order chi connectivity index (χ0) is 21.8. The Morgan fingerprint density at radius 3 is 2.39 bits per heavy atom. The highest BCUT2D eigenvalue weighted by Gasteiger charge is 2.22. The number of hydrogen-bond acceptors (Lipinski definition) is 5. The van der Waals surface area contributed by atoms with Crippen molar-refractivity contribution in [3.8, 4) is 23.1 Å². The van der Waals surface area contributed by atoms with E-state index in [2.05, 4.69) is 4.98 Å². The van der Waals surface area contributed by atoms with Crippen molar-refractivity contribution in [3.63, 3.8) is 0 Å². The predicted molar refractivity (Wildman–Crippen MR) is 110 cm³/mol. The zero-order valence-corrected chi connectivity index (χ0v) is 16.9. The first-order valence-electron chi connectivity index (χ1n) is 9.96. The number of rotatable bonds is 9. The van der Waals surface area contributed by atoms with Crippen LogP contribution >= 0.6 is 0 Å². The van der Waals surface area contributed by atoms with Crippen LogP contribution < -0.4 is 14.2 Å². The Hall–Kier alpha value is -3.48. The number of benzene rings is 2. The Morgan fingerprint density at radius 1 is 1.00 bits per heavy atom. The lowest BCUT2D eigenvalue weighted by molar-refractivity contribution is 0.101. The maximum Gasteiger partial charge on any atom is 0.213 e. The molecule has 0 spiro atoms. The summed E-state index contributed by atoms with van der Waals surface area (Å²) in [5.41, 5.74) is 0.180. The third-order valence-corrected chi connectivity index (χ3v) is 4.85. The van der Waals surface area contributed by atoms with Crippen LogP contribution in [-0.4, -0.2) is 17.4 Å². The number of carbonyl (C=O) groups is 1. The standard InChI is InChI=1S/C24H21F2NO4/c1-15(28)17-7-8-24(27-12-17)30-14-21-22(25)10-20(11-23(21)26)31-19-4-2-3-18(9-19)29-13-16-5-6-16/h2-4,7-12,16H,5-6,13-14H2,1H3. The Labute approximate surface area is 178 Å². The molecule has 160 valence electrons. The van der Waals surface area contributed by atoms with Crippen LogP contribution in [0.5, 0.6) is 23.1 Å². The Bertz CT molecular complexity index is 1060. The van der Waals surface area contributed by atoms with Crippen LogP contribution in [0.4, 0.5) is 8.78 Å². The van der Waals surface area contributed by atoms with Gasteiger partial charge < -0.3 is 14.2 Å². The molecule has 0 unspecified atom stereocenters. The van der Waals surface area contributed by atoms with Gasteiger partial charge in [-0.05, 0) is 43.9 Å². The number of pyridine rings is 1. The van der Waals surface area contributed by atoms with Gasteiger partial charge in [0.2, 0.25) is 5.88 Å². The lowest BCUT2D eigenvalue weighted by Crippen LogP contribution is -2.04. The first kappa shape index (κ1) is 20.8. The molecular weight excluding hydrogens is 404 g/mol. The summed E-state index contributed by atoms with van der Waals surface area (Å²) in [6.45, 7) is 1.73. The van der Waals surface area contributed by atoms with Gasteiger partial charge in [-0.15, -0.1) is 0 Å². The van der Waals surface area contributed by atoms with Crippen LogP contribution in [0.2, 0.25) is 0 Å². The molecule has 5 nitrogen and oxygen atoms in total. The molecule has 0 saturated heterocycles. The summed E-state index contributed by atoms with van der Waals surface area (Å²) >= 11 is 0. The summed E-state index contributed by atoms with van der Waals surface area (Å²) in [5.74, 6) is 0.156. The maximum absolute atomic E-state index is 14.5. The molecule has 1 fully saturated rings. The van der Waals surface area contributed by atoms with Gasteiger partial charge in [0.15, 0.2) is 5.78 Å². The van der Waals surface area contributed by atoms with Gasteiger partial charge >= 0.3 is 0 Å². The quantitative estimate of drug-likeness (QED) is 0.410. The highest BCUT2D eigenvalue weighted by Crippen LogP contribution is 2.31. The average molecular weight is 425 g/mol. The van der Waals surface area contributed by atoms with Crippen LogP contribution in [0.3, 0.4) is 0 Å². The third-order valence-electron chi connectivity index (χ3n) is 4.85. The van der Waals surface area contributed by atoms with Crippen molar-refractivity contribution in [1.82, 2.24) is 4.98 Å². The number of halogens is 2. The van der Waals surface area contributed by atoms with Crippen molar-refractivity contribution in [2.75, 3.05) is 6.61 Å². The molecule has 4 rings (SSSR count). The number of ether oxygens (including phenoxy) is 3. The number of hydrogen-bond donors (Lipinski definition) is 0. The van der Waals surface area contributed by atoms with Crippen LogP contribution in [0, 0.1) is 17.6 Å². The second kappa shape index (κ2) is 9.12. The molecule has 2 aromatic carbocycles. The van der Waals surface area contributed by atoms with Gasteiger partial charge in [-0.2, -0.15) is 0 Å². The molecule has 0 aliphatic heterocycles. The van der Waals surface area contributed by atoms with Crippen LogP contribution in [-0.2, 0) is 6.61 Å². The van der Waals surface area contributed by atoms with Crippen molar-refractivity contribution in [3.05, 3.63) is 77.5 Å². The van der Waals surface area contributed by atoms with E-state index >= 15 is 0 Å². The van der Waals surface area contributed by atoms with Gasteiger partial charge in [0.05, 0.1) is 12.2 Å². The van der Waals surface area contributed by atoms with E-state index in [1.54, 1.807) is 18.2 Å². The molecule has 0 amide bonds. The minimum absolute atomic E-state index is 0.0297. The van der Waals surface area contributed by atoms with Crippen molar-refractivity contribution < 1.29 is 27.8 Å². The fraction of sp³-hybridized carbons (Fsp3) is 0.250. The molecular formula is C24H21F2NO4. The molecule has 1 aliphatic rings. The molecule has 1 saturated carbocycles. The third kappa shape index (κ3) is 5.57. The minimum atomic E-state index is -0.795. The van der Waals surface area contributed by atoms with E-state index in [0.717, 1.165) is 12.1 Å². The second-order valence-corrected chi connectivity index (χ2v) is 7.43. The van der Waals surface area contributed by atoms with Crippen molar-refractivity contribution in [2.45, 2.75) is 26.4 Å². The molecule has 0 atom stereocenters. The summed E-state index contributed by atoms with van der Waals surface area (Å²) in [5, 5.41) is 0. The SMILES string of the molecule is CC(=O)c1ccc(OCc2c(F)cc(Oc3cccc(OCC4CC4)c3)cc2F)nc1. The largest absolute Gasteiger partial charge is 0.493 e. The first-order valence-corrected chi connectivity index (χ1v) is 9.96. The Kier molecular flexibility index (Phi) is 6.11. The van der Waals surface area contributed by atoms with E-state index in [1.165, 1.54) is 38.1 Å². The molecule has 1 aromatic heterocycles. The summed E-state index contributed by atoms with van der Waals surface area (Å²) in [6, 6.07) is 12.2. The monoisotopic (exact) mass is 425 g/mol. The van der Waals surface area contributed by atoms with Crippen molar-refractivity contribution >= 4 is 5.78 Å². The number of Topliss-reactive ketones (excluding diaryl/α,β-unsaturated/α-hetero) is 1. The Balaban J connectivity index is 1.40. The van der Waals surface area contributed by atoms with E-state index in [4.69, 9.17) is 14.2 Å². The van der Waals surface area contributed by atoms with Crippen molar-refractivity contribution in [1.29, 1.82) is 0 Å². The summed E-state index contributed by atoms with van der Waals surface area (Å²) in [4.78, 5) is 15.2. The fourth-order valence-corrected chi connectivity index (χ4v) is 2.86. The Morgan fingerprint density at radius 2 is 1.74 bits per heavy atom. The molecule has 7 heteroatoms. The highest BCUT2D eigenvalue weighted by molar-refractivity contribution is 5.93. The van der Waals surface area contributed by atoms with E-state index < -0.39 is 11.6 Å². The van der Waals surface area contributed by atoms with Gasteiger partial charge in [0, 0.05) is 36.0 Å². The molecule has 1 aliphatic carbocycles. The summed E-state index contributed by atoms with van der Waals surface area (Å²) < 4.78 is 45.7. The number of nitrogens with zero attached hydrogens (tertiary/aromatic N) is 1. The smallest absolute Gasteiger partial charge is 0.213 e. The molecule has 1 heterocycles. The summed E-state index contributed by atoms with van der Waals surface area (Å²) in [6.07, 6.45) is 3.72. The maximum atomic E-state index is 14.5. The van der Waals surface area contributed by atoms with Crippen LogP contribution in [0.1, 0.15) is 35.7 Å². The minimum Gasteiger partial charge on any atom is -0.493 e. The van der Waals surface area contributed by atoms with E-state index in [0.29, 0.717) is 29.6 Å². The zero-order valence-electron chi connectivity index (χ0n) is 16.9. The summed E-state index contributed by atoms with van der Waals surface area (Å²) in [7, 11) is 0. The van der Waals surface area contributed by atoms with Gasteiger partial charge in [0.25, 0.3) is 0 Å².